The van der Waals surface area contributed by atoms with Gasteiger partial charge in [0.1, 0.15) is 17.7 Å². The number of amides is 2. The number of alkyl carbamates (subject to hydrolysis) is 1. The normalized spacial score (nSPS) is 14.2. The molecule has 0 radical (unpaired) electrons. The first kappa shape index (κ1) is 19.2. The van der Waals surface area contributed by atoms with Gasteiger partial charge in [-0.3, -0.25) is 9.59 Å². The molecule has 21 heavy (non-hydrogen) atoms. The van der Waals surface area contributed by atoms with Gasteiger partial charge in [-0.2, -0.15) is 0 Å². The van der Waals surface area contributed by atoms with Crippen molar-refractivity contribution in [2.75, 3.05) is 0 Å². The van der Waals surface area contributed by atoms with Crippen molar-refractivity contribution in [3.63, 3.8) is 0 Å². The van der Waals surface area contributed by atoms with Gasteiger partial charge in [0, 0.05) is 0 Å². The number of carbonyl (C=O) groups excluding carboxylic acids is 2. The number of hydrogen-bond donors (Lipinski definition) is 3. The zero-order valence-electron chi connectivity index (χ0n) is 13.5. The fourth-order valence-corrected chi connectivity index (χ4v) is 1.53. The largest absolute Gasteiger partial charge is 0.480 e. The molecule has 7 heteroatoms. The lowest BCUT2D eigenvalue weighted by Gasteiger charge is -2.24. The van der Waals surface area contributed by atoms with Crippen LogP contribution in [0.25, 0.3) is 0 Å². The third-order valence-electron chi connectivity index (χ3n) is 2.44. The quantitative estimate of drug-likeness (QED) is 0.690. The van der Waals surface area contributed by atoms with Gasteiger partial charge in [0.15, 0.2) is 0 Å². The van der Waals surface area contributed by atoms with Gasteiger partial charge in [-0.1, -0.05) is 13.8 Å². The van der Waals surface area contributed by atoms with E-state index in [-0.39, 0.29) is 5.92 Å². The summed E-state index contributed by atoms with van der Waals surface area (Å²) in [5, 5.41) is 13.6. The van der Waals surface area contributed by atoms with Crippen molar-refractivity contribution in [2.24, 2.45) is 5.92 Å². The number of nitrogens with one attached hydrogen (secondary N) is 2. The van der Waals surface area contributed by atoms with Crippen LogP contribution in [0.3, 0.4) is 0 Å². The molecule has 0 saturated carbocycles. The van der Waals surface area contributed by atoms with Crippen molar-refractivity contribution in [2.45, 2.75) is 65.6 Å². The molecule has 0 aliphatic heterocycles. The molecule has 0 aliphatic carbocycles. The van der Waals surface area contributed by atoms with Crippen LogP contribution in [0.2, 0.25) is 0 Å². The summed E-state index contributed by atoms with van der Waals surface area (Å²) in [6.45, 7) is 10.3. The first-order valence-corrected chi connectivity index (χ1v) is 6.95. The highest BCUT2D eigenvalue weighted by molar-refractivity contribution is 5.89. The van der Waals surface area contributed by atoms with Crippen LogP contribution in [-0.2, 0) is 14.3 Å². The lowest BCUT2D eigenvalue weighted by Crippen LogP contribution is -2.52. The maximum absolute atomic E-state index is 12.0. The Morgan fingerprint density at radius 1 is 1.10 bits per heavy atom. The highest BCUT2D eigenvalue weighted by Gasteiger charge is 2.27. The van der Waals surface area contributed by atoms with Crippen LogP contribution >= 0.6 is 0 Å². The summed E-state index contributed by atoms with van der Waals surface area (Å²) in [6.07, 6.45) is -0.316. The summed E-state index contributed by atoms with van der Waals surface area (Å²) in [5.41, 5.74) is -0.669. The topological polar surface area (TPSA) is 105 Å². The maximum atomic E-state index is 12.0. The minimum atomic E-state index is -1.14. The van der Waals surface area contributed by atoms with Gasteiger partial charge >= 0.3 is 12.1 Å². The number of ether oxygens (including phenoxy) is 1. The van der Waals surface area contributed by atoms with E-state index in [2.05, 4.69) is 10.6 Å². The van der Waals surface area contributed by atoms with Gasteiger partial charge in [0.25, 0.3) is 0 Å². The monoisotopic (exact) mass is 302 g/mol. The van der Waals surface area contributed by atoms with E-state index in [0.29, 0.717) is 6.42 Å². The van der Waals surface area contributed by atoms with Crippen LogP contribution in [0, 0.1) is 5.92 Å². The number of rotatable bonds is 6. The first-order valence-electron chi connectivity index (χ1n) is 6.95. The molecular weight excluding hydrogens is 276 g/mol. The second-order valence-electron chi connectivity index (χ2n) is 6.40. The van der Waals surface area contributed by atoms with Crippen molar-refractivity contribution in [3.8, 4) is 0 Å². The summed E-state index contributed by atoms with van der Waals surface area (Å²) in [5.74, 6) is -1.52. The van der Waals surface area contributed by atoms with Gasteiger partial charge < -0.3 is 20.5 Å². The van der Waals surface area contributed by atoms with Crippen LogP contribution in [0.15, 0.2) is 0 Å². The first-order chi connectivity index (χ1) is 9.42. The Hall–Kier alpha value is -1.79. The molecule has 0 rings (SSSR count). The van der Waals surface area contributed by atoms with E-state index in [1.807, 2.05) is 13.8 Å². The van der Waals surface area contributed by atoms with E-state index in [9.17, 15) is 14.4 Å². The molecule has 2 atom stereocenters. The molecule has 0 aromatic heterocycles. The van der Waals surface area contributed by atoms with E-state index < -0.39 is 35.7 Å². The zero-order chi connectivity index (χ0) is 16.8. The Bertz CT molecular complexity index is 387. The SMILES string of the molecule is CC(C)C[C@H](NC(=O)OC(C)(C)C)C(=O)N[C@@H](C)C(=O)O. The van der Waals surface area contributed by atoms with Gasteiger partial charge in [-0.15, -0.1) is 0 Å². The van der Waals surface area contributed by atoms with E-state index in [0.717, 1.165) is 0 Å². The Balaban J connectivity index is 4.75. The summed E-state index contributed by atoms with van der Waals surface area (Å²) < 4.78 is 5.11. The number of carbonyl (C=O) groups is 3. The molecule has 0 aliphatic rings. The van der Waals surface area contributed by atoms with Crippen LogP contribution in [-0.4, -0.2) is 40.8 Å². The molecule has 3 N–H and O–H groups in total. The fourth-order valence-electron chi connectivity index (χ4n) is 1.53. The van der Waals surface area contributed by atoms with Crippen molar-refractivity contribution in [1.82, 2.24) is 10.6 Å². The lowest BCUT2D eigenvalue weighted by molar-refractivity contribution is -0.141. The predicted octanol–water partition coefficient (Wildman–Crippen LogP) is 1.52. The lowest BCUT2D eigenvalue weighted by atomic mass is 10.0. The van der Waals surface area contributed by atoms with E-state index in [1.54, 1.807) is 20.8 Å². The molecular formula is C14H26N2O5. The molecule has 0 aromatic carbocycles. The second kappa shape index (κ2) is 7.85. The van der Waals surface area contributed by atoms with Gasteiger partial charge in [0.05, 0.1) is 0 Å². The summed E-state index contributed by atoms with van der Waals surface area (Å²) in [6, 6.07) is -1.85. The van der Waals surface area contributed by atoms with Crippen molar-refractivity contribution >= 4 is 18.0 Å². The minimum absolute atomic E-state index is 0.149. The van der Waals surface area contributed by atoms with E-state index in [1.165, 1.54) is 6.92 Å². The standard InChI is InChI=1S/C14H26N2O5/c1-8(2)7-10(11(17)15-9(3)12(18)19)16-13(20)21-14(4,5)6/h8-10H,7H2,1-6H3,(H,15,17)(H,16,20)(H,18,19)/t9-,10-/m0/s1. The van der Waals surface area contributed by atoms with Crippen LogP contribution in [0.1, 0.15) is 48.0 Å². The van der Waals surface area contributed by atoms with Gasteiger partial charge in [-0.25, -0.2) is 4.79 Å². The van der Waals surface area contributed by atoms with Gasteiger partial charge in [0.2, 0.25) is 5.91 Å². The molecule has 0 bridgehead atoms. The van der Waals surface area contributed by atoms with Crippen LogP contribution < -0.4 is 10.6 Å². The zero-order valence-corrected chi connectivity index (χ0v) is 13.5. The Morgan fingerprint density at radius 2 is 1.62 bits per heavy atom. The Labute approximate surface area is 125 Å². The Morgan fingerprint density at radius 3 is 2.00 bits per heavy atom. The van der Waals surface area contributed by atoms with Crippen molar-refractivity contribution < 1.29 is 24.2 Å². The highest BCUT2D eigenvalue weighted by atomic mass is 16.6. The molecule has 0 aromatic rings. The van der Waals surface area contributed by atoms with E-state index >= 15 is 0 Å². The molecule has 7 nitrogen and oxygen atoms in total. The predicted molar refractivity (Wildman–Crippen MR) is 77.9 cm³/mol. The third-order valence-corrected chi connectivity index (χ3v) is 2.44. The van der Waals surface area contributed by atoms with Crippen LogP contribution in [0.5, 0.6) is 0 Å². The average molecular weight is 302 g/mol. The van der Waals surface area contributed by atoms with Crippen molar-refractivity contribution in [1.29, 1.82) is 0 Å². The number of carboxylic acid groups (broad SMARTS) is 1. The van der Waals surface area contributed by atoms with Crippen LogP contribution in [0.4, 0.5) is 4.79 Å². The molecule has 0 spiro atoms. The average Bonchev–Trinajstić information content (AvgIpc) is 2.24. The summed E-state index contributed by atoms with van der Waals surface area (Å²) in [7, 11) is 0. The Kier molecular flexibility index (Phi) is 7.18. The summed E-state index contributed by atoms with van der Waals surface area (Å²) in [4.78, 5) is 34.6. The smallest absolute Gasteiger partial charge is 0.408 e. The van der Waals surface area contributed by atoms with E-state index in [4.69, 9.17) is 9.84 Å². The minimum Gasteiger partial charge on any atom is -0.480 e. The van der Waals surface area contributed by atoms with Gasteiger partial charge in [-0.05, 0) is 40.0 Å². The number of hydrogen-bond acceptors (Lipinski definition) is 4. The fraction of sp³-hybridized carbons (Fsp3) is 0.786. The number of aliphatic carboxylic acids is 1. The highest BCUT2D eigenvalue weighted by Crippen LogP contribution is 2.09. The second-order valence-corrected chi connectivity index (χ2v) is 6.40. The number of carboxylic acids is 1. The molecule has 0 unspecified atom stereocenters. The molecule has 0 saturated heterocycles. The third kappa shape index (κ3) is 8.88. The van der Waals surface area contributed by atoms with Crippen molar-refractivity contribution in [3.05, 3.63) is 0 Å². The maximum Gasteiger partial charge on any atom is 0.408 e. The molecule has 0 heterocycles. The molecule has 0 fully saturated rings. The summed E-state index contributed by atoms with van der Waals surface area (Å²) >= 11 is 0. The molecule has 2 amide bonds. The molecule has 122 valence electrons.